The summed E-state index contributed by atoms with van der Waals surface area (Å²) < 4.78 is 0. The van der Waals surface area contributed by atoms with Crippen LogP contribution in [0.2, 0.25) is 0 Å². The molecule has 3 heteroatoms. The van der Waals surface area contributed by atoms with Crippen LogP contribution in [-0.2, 0) is 4.79 Å². The van der Waals surface area contributed by atoms with Crippen LogP contribution < -0.4 is 5.32 Å². The van der Waals surface area contributed by atoms with Gasteiger partial charge in [-0.1, -0.05) is 0 Å². The standard InChI is InChI=1S/C7H14N2O/c1-6(10)7-5-8-3-4-9(7)2/h7-8H,3-5H2,1-2H3. The Morgan fingerprint density at radius 2 is 2.40 bits per heavy atom. The van der Waals surface area contributed by atoms with Crippen LogP contribution in [0.15, 0.2) is 0 Å². The van der Waals surface area contributed by atoms with Crippen LogP contribution in [-0.4, -0.2) is 43.4 Å². The highest BCUT2D eigenvalue weighted by Gasteiger charge is 2.21. The van der Waals surface area contributed by atoms with Gasteiger partial charge in [-0.2, -0.15) is 0 Å². The predicted molar refractivity (Wildman–Crippen MR) is 40.0 cm³/mol. The molecule has 1 unspecified atom stereocenters. The third-order valence-electron chi connectivity index (χ3n) is 1.98. The lowest BCUT2D eigenvalue weighted by Gasteiger charge is -2.30. The SMILES string of the molecule is CC(=O)C1CNCCN1C. The average molecular weight is 142 g/mol. The molecule has 1 N–H and O–H groups in total. The Morgan fingerprint density at radius 1 is 1.70 bits per heavy atom. The van der Waals surface area contributed by atoms with Gasteiger partial charge in [-0.25, -0.2) is 0 Å². The number of carbonyl (C=O) groups is 1. The van der Waals surface area contributed by atoms with Gasteiger partial charge in [0.1, 0.15) is 5.78 Å². The second-order valence-electron chi connectivity index (χ2n) is 2.81. The highest BCUT2D eigenvalue weighted by molar-refractivity contribution is 5.81. The van der Waals surface area contributed by atoms with Crippen molar-refractivity contribution in [2.75, 3.05) is 26.7 Å². The molecule has 0 amide bonds. The Hall–Kier alpha value is -0.410. The first-order chi connectivity index (χ1) is 4.72. The fraction of sp³-hybridized carbons (Fsp3) is 0.857. The number of Topliss-reactive ketones (excluding diaryl/α,β-unsaturated/α-hetero) is 1. The third-order valence-corrected chi connectivity index (χ3v) is 1.98. The van der Waals surface area contributed by atoms with Crippen molar-refractivity contribution in [3.63, 3.8) is 0 Å². The molecule has 1 atom stereocenters. The Morgan fingerprint density at radius 3 is 2.80 bits per heavy atom. The molecule has 0 bridgehead atoms. The van der Waals surface area contributed by atoms with E-state index in [4.69, 9.17) is 0 Å². The molecule has 1 aliphatic heterocycles. The highest BCUT2D eigenvalue weighted by Crippen LogP contribution is 1.99. The number of nitrogens with zero attached hydrogens (tertiary/aromatic N) is 1. The van der Waals surface area contributed by atoms with Crippen LogP contribution in [0, 0.1) is 0 Å². The van der Waals surface area contributed by atoms with Crippen LogP contribution in [0.1, 0.15) is 6.92 Å². The summed E-state index contributed by atoms with van der Waals surface area (Å²) >= 11 is 0. The van der Waals surface area contributed by atoms with E-state index in [-0.39, 0.29) is 11.8 Å². The van der Waals surface area contributed by atoms with Gasteiger partial charge in [0, 0.05) is 19.6 Å². The molecule has 1 heterocycles. The van der Waals surface area contributed by atoms with Crippen molar-refractivity contribution in [1.29, 1.82) is 0 Å². The summed E-state index contributed by atoms with van der Waals surface area (Å²) in [6.45, 7) is 4.44. The summed E-state index contributed by atoms with van der Waals surface area (Å²) in [6.07, 6.45) is 0. The second-order valence-corrected chi connectivity index (χ2v) is 2.81. The summed E-state index contributed by atoms with van der Waals surface area (Å²) in [5.74, 6) is 0.259. The molecular formula is C7H14N2O. The Bertz CT molecular complexity index is 136. The van der Waals surface area contributed by atoms with Gasteiger partial charge in [0.15, 0.2) is 0 Å². The molecule has 0 spiro atoms. The minimum Gasteiger partial charge on any atom is -0.313 e. The van der Waals surface area contributed by atoms with Crippen molar-refractivity contribution >= 4 is 5.78 Å². The molecule has 58 valence electrons. The second kappa shape index (κ2) is 3.12. The quantitative estimate of drug-likeness (QED) is 0.534. The minimum atomic E-state index is 0.105. The van der Waals surface area contributed by atoms with Gasteiger partial charge >= 0.3 is 0 Å². The van der Waals surface area contributed by atoms with E-state index in [0.717, 1.165) is 19.6 Å². The number of piperazine rings is 1. The Labute approximate surface area is 61.4 Å². The smallest absolute Gasteiger partial charge is 0.148 e. The van der Waals surface area contributed by atoms with Crippen molar-refractivity contribution in [3.8, 4) is 0 Å². The molecule has 0 aliphatic carbocycles. The van der Waals surface area contributed by atoms with Crippen molar-refractivity contribution in [2.45, 2.75) is 13.0 Å². The third kappa shape index (κ3) is 1.55. The molecule has 10 heavy (non-hydrogen) atoms. The largest absolute Gasteiger partial charge is 0.313 e. The summed E-state index contributed by atoms with van der Waals surface area (Å²) in [4.78, 5) is 13.0. The lowest BCUT2D eigenvalue weighted by molar-refractivity contribution is -0.122. The monoisotopic (exact) mass is 142 g/mol. The van der Waals surface area contributed by atoms with Gasteiger partial charge in [0.05, 0.1) is 6.04 Å². The fourth-order valence-corrected chi connectivity index (χ4v) is 1.26. The summed E-state index contributed by atoms with van der Waals surface area (Å²) in [6, 6.07) is 0.105. The van der Waals surface area contributed by atoms with E-state index in [2.05, 4.69) is 10.2 Å². The first kappa shape index (κ1) is 7.69. The van der Waals surface area contributed by atoms with E-state index in [1.165, 1.54) is 0 Å². The minimum absolute atomic E-state index is 0.105. The number of hydrogen-bond acceptors (Lipinski definition) is 3. The Kier molecular flexibility index (Phi) is 2.40. The number of rotatable bonds is 1. The van der Waals surface area contributed by atoms with Gasteiger partial charge < -0.3 is 5.32 Å². The molecule has 0 aromatic heterocycles. The summed E-state index contributed by atoms with van der Waals surface area (Å²) in [5.41, 5.74) is 0. The van der Waals surface area contributed by atoms with Gasteiger partial charge in [-0.3, -0.25) is 9.69 Å². The number of hydrogen-bond donors (Lipinski definition) is 1. The van der Waals surface area contributed by atoms with Crippen molar-refractivity contribution in [3.05, 3.63) is 0 Å². The predicted octanol–water partition coefficient (Wildman–Crippen LogP) is -0.521. The molecular weight excluding hydrogens is 128 g/mol. The maximum absolute atomic E-state index is 10.9. The van der Waals surface area contributed by atoms with E-state index in [1.54, 1.807) is 6.92 Å². The number of carbonyl (C=O) groups excluding carboxylic acids is 1. The van der Waals surface area contributed by atoms with E-state index < -0.39 is 0 Å². The molecule has 1 fully saturated rings. The average Bonchev–Trinajstić information content (AvgIpc) is 1.88. The molecule has 0 saturated carbocycles. The maximum Gasteiger partial charge on any atom is 0.148 e. The topological polar surface area (TPSA) is 32.3 Å². The molecule has 0 aromatic carbocycles. The zero-order valence-electron chi connectivity index (χ0n) is 6.55. The lowest BCUT2D eigenvalue weighted by atomic mass is 10.1. The molecule has 1 rings (SSSR count). The number of ketones is 1. The van der Waals surface area contributed by atoms with Gasteiger partial charge in [0.2, 0.25) is 0 Å². The normalized spacial score (nSPS) is 28.4. The van der Waals surface area contributed by atoms with Gasteiger partial charge in [-0.05, 0) is 14.0 Å². The van der Waals surface area contributed by atoms with Gasteiger partial charge in [-0.15, -0.1) is 0 Å². The fourth-order valence-electron chi connectivity index (χ4n) is 1.26. The van der Waals surface area contributed by atoms with E-state index in [0.29, 0.717) is 0 Å². The molecule has 1 saturated heterocycles. The van der Waals surface area contributed by atoms with Crippen LogP contribution in [0.5, 0.6) is 0 Å². The molecule has 1 aliphatic rings. The van der Waals surface area contributed by atoms with Crippen LogP contribution >= 0.6 is 0 Å². The first-order valence-corrected chi connectivity index (χ1v) is 3.63. The number of nitrogens with one attached hydrogen (secondary N) is 1. The molecule has 3 nitrogen and oxygen atoms in total. The van der Waals surface area contributed by atoms with E-state index in [9.17, 15) is 4.79 Å². The Balaban J connectivity index is 2.47. The van der Waals surface area contributed by atoms with Crippen molar-refractivity contribution < 1.29 is 4.79 Å². The number of likely N-dealkylation sites (N-methyl/N-ethyl adjacent to an activating group) is 1. The lowest BCUT2D eigenvalue weighted by Crippen LogP contribution is -2.52. The zero-order valence-corrected chi connectivity index (χ0v) is 6.55. The van der Waals surface area contributed by atoms with Crippen LogP contribution in [0.25, 0.3) is 0 Å². The first-order valence-electron chi connectivity index (χ1n) is 3.63. The summed E-state index contributed by atoms with van der Waals surface area (Å²) in [7, 11) is 1.99. The molecule has 0 radical (unpaired) electrons. The van der Waals surface area contributed by atoms with Crippen molar-refractivity contribution in [1.82, 2.24) is 10.2 Å². The van der Waals surface area contributed by atoms with Crippen LogP contribution in [0.4, 0.5) is 0 Å². The summed E-state index contributed by atoms with van der Waals surface area (Å²) in [5, 5.41) is 3.18. The van der Waals surface area contributed by atoms with E-state index >= 15 is 0 Å². The van der Waals surface area contributed by atoms with Crippen molar-refractivity contribution in [2.24, 2.45) is 0 Å². The van der Waals surface area contributed by atoms with E-state index in [1.807, 2.05) is 7.05 Å². The van der Waals surface area contributed by atoms with Gasteiger partial charge in [0.25, 0.3) is 0 Å². The molecule has 0 aromatic rings. The highest BCUT2D eigenvalue weighted by atomic mass is 16.1. The van der Waals surface area contributed by atoms with Crippen LogP contribution in [0.3, 0.4) is 0 Å². The zero-order chi connectivity index (χ0) is 7.56. The maximum atomic E-state index is 10.9.